The Morgan fingerprint density at radius 1 is 1.07 bits per heavy atom. The first-order valence-corrected chi connectivity index (χ1v) is 10.3. The maximum Gasteiger partial charge on any atom is 0.311 e. The molecule has 0 saturated carbocycles. The second-order valence-corrected chi connectivity index (χ2v) is 9.95. The molecular formula is C17H34NO8P. The molecular weight excluding hydrogens is 377 g/mol. The standard InChI is InChI=1S/C17H34NO8P/c1-8-17(4,13-16(2,3)14(19)20)15(21)24-11-12-26-27(22,23)25-10-9-18(5,6)7/h8-13H2,1-7H3,(H-,19,20,22,23). The fourth-order valence-electron chi connectivity index (χ4n) is 2.31. The van der Waals surface area contributed by atoms with E-state index >= 15 is 0 Å². The molecule has 2 atom stereocenters. The summed E-state index contributed by atoms with van der Waals surface area (Å²) in [4.78, 5) is 35.3. The van der Waals surface area contributed by atoms with Gasteiger partial charge in [-0.1, -0.05) is 6.92 Å². The van der Waals surface area contributed by atoms with Crippen molar-refractivity contribution >= 4 is 19.8 Å². The number of phosphoric acid groups is 1. The van der Waals surface area contributed by atoms with Gasteiger partial charge in [0.1, 0.15) is 19.8 Å². The van der Waals surface area contributed by atoms with Crippen LogP contribution in [0, 0.1) is 10.8 Å². The van der Waals surface area contributed by atoms with Crippen molar-refractivity contribution < 1.29 is 42.4 Å². The van der Waals surface area contributed by atoms with Gasteiger partial charge >= 0.3 is 11.9 Å². The summed E-state index contributed by atoms with van der Waals surface area (Å²) in [5.41, 5.74) is -2.09. The average Bonchev–Trinajstić information content (AvgIpc) is 2.49. The lowest BCUT2D eigenvalue weighted by Gasteiger charge is -2.32. The normalized spacial score (nSPS) is 17.0. The van der Waals surface area contributed by atoms with Crippen LogP contribution in [0.5, 0.6) is 0 Å². The number of nitrogens with zero attached hydrogens (tertiary/aromatic N) is 1. The van der Waals surface area contributed by atoms with Crippen LogP contribution in [0.1, 0.15) is 40.5 Å². The first-order chi connectivity index (χ1) is 12.0. The summed E-state index contributed by atoms with van der Waals surface area (Å²) in [5.74, 6) is -1.59. The number of carboxylic acids is 1. The Hall–Kier alpha value is -0.990. The average molecular weight is 411 g/mol. The summed E-state index contributed by atoms with van der Waals surface area (Å²) in [6.07, 6.45) is 0.483. The molecule has 160 valence electrons. The molecule has 0 rings (SSSR count). The molecule has 0 spiro atoms. The summed E-state index contributed by atoms with van der Waals surface area (Å²) >= 11 is 0. The Bertz CT molecular complexity index is 558. The van der Waals surface area contributed by atoms with E-state index in [1.165, 1.54) is 0 Å². The van der Waals surface area contributed by atoms with Crippen LogP contribution in [0.25, 0.3) is 0 Å². The highest BCUT2D eigenvalue weighted by atomic mass is 31.2. The van der Waals surface area contributed by atoms with Gasteiger partial charge in [0.25, 0.3) is 7.82 Å². The maximum atomic E-state index is 12.4. The minimum atomic E-state index is -4.46. The third-order valence-electron chi connectivity index (χ3n) is 4.26. The number of ether oxygens (including phenoxy) is 1. The number of phosphoric ester groups is 1. The number of carbonyl (C=O) groups is 2. The van der Waals surface area contributed by atoms with E-state index in [1.54, 1.807) is 27.7 Å². The summed E-state index contributed by atoms with van der Waals surface area (Å²) in [7, 11) is 1.23. The van der Waals surface area contributed by atoms with Gasteiger partial charge in [-0.2, -0.15) is 0 Å². The van der Waals surface area contributed by atoms with E-state index in [-0.39, 0.29) is 26.2 Å². The van der Waals surface area contributed by atoms with Crippen LogP contribution < -0.4 is 4.89 Å². The number of hydrogen-bond donors (Lipinski definition) is 1. The molecule has 0 aliphatic heterocycles. The van der Waals surface area contributed by atoms with Crippen molar-refractivity contribution in [2.45, 2.75) is 40.5 Å². The van der Waals surface area contributed by atoms with Gasteiger partial charge in [0.2, 0.25) is 0 Å². The minimum Gasteiger partial charge on any atom is -0.756 e. The molecule has 9 nitrogen and oxygen atoms in total. The summed E-state index contributed by atoms with van der Waals surface area (Å²) < 4.78 is 26.7. The van der Waals surface area contributed by atoms with Gasteiger partial charge in [0, 0.05) is 0 Å². The number of quaternary nitrogens is 1. The van der Waals surface area contributed by atoms with E-state index < -0.39 is 30.6 Å². The summed E-state index contributed by atoms with van der Waals surface area (Å²) in [5, 5.41) is 9.25. The number of esters is 1. The summed E-state index contributed by atoms with van der Waals surface area (Å²) in [6, 6.07) is 0. The number of carboxylic acid groups (broad SMARTS) is 1. The first-order valence-electron chi connectivity index (χ1n) is 8.86. The fourth-order valence-corrected chi connectivity index (χ4v) is 2.99. The topological polar surface area (TPSA) is 122 Å². The molecule has 0 amide bonds. The molecule has 0 saturated heterocycles. The zero-order chi connectivity index (χ0) is 21.5. The molecule has 0 bridgehead atoms. The molecule has 0 aromatic rings. The third-order valence-corrected chi connectivity index (χ3v) is 5.26. The first kappa shape index (κ1) is 26.0. The highest BCUT2D eigenvalue weighted by Gasteiger charge is 2.42. The Kier molecular flexibility index (Phi) is 9.61. The fraction of sp³-hybridized carbons (Fsp3) is 0.882. The predicted molar refractivity (Wildman–Crippen MR) is 97.8 cm³/mol. The van der Waals surface area contributed by atoms with Gasteiger partial charge in [-0.3, -0.25) is 14.2 Å². The molecule has 10 heteroatoms. The number of aliphatic carboxylic acids is 1. The van der Waals surface area contributed by atoms with Crippen LogP contribution in [0.3, 0.4) is 0 Å². The predicted octanol–water partition coefficient (Wildman–Crippen LogP) is 1.65. The molecule has 1 N–H and O–H groups in total. The van der Waals surface area contributed by atoms with E-state index in [9.17, 15) is 24.2 Å². The second-order valence-electron chi connectivity index (χ2n) is 8.54. The van der Waals surface area contributed by atoms with Crippen LogP contribution in [-0.4, -0.2) is 69.0 Å². The van der Waals surface area contributed by atoms with Crippen molar-refractivity contribution in [1.82, 2.24) is 0 Å². The number of rotatable bonds is 13. The van der Waals surface area contributed by atoms with Gasteiger partial charge in [0.05, 0.1) is 38.6 Å². The van der Waals surface area contributed by atoms with Crippen LogP contribution in [-0.2, 0) is 27.9 Å². The SMILES string of the molecule is CCC(C)(CC(C)(C)C(=O)O)C(=O)OCCOP(=O)([O-])OCC[N+](C)(C)C. The Morgan fingerprint density at radius 2 is 1.59 bits per heavy atom. The maximum absolute atomic E-state index is 12.4. The highest BCUT2D eigenvalue weighted by molar-refractivity contribution is 7.45. The third kappa shape index (κ3) is 10.2. The molecule has 0 fully saturated rings. The molecule has 27 heavy (non-hydrogen) atoms. The van der Waals surface area contributed by atoms with Crippen LogP contribution >= 0.6 is 7.82 Å². The van der Waals surface area contributed by atoms with Crippen LogP contribution in [0.4, 0.5) is 0 Å². The largest absolute Gasteiger partial charge is 0.756 e. The van der Waals surface area contributed by atoms with Gasteiger partial charge in [-0.25, -0.2) is 0 Å². The van der Waals surface area contributed by atoms with Crippen molar-refractivity contribution in [3.63, 3.8) is 0 Å². The molecule has 0 radical (unpaired) electrons. The van der Waals surface area contributed by atoms with Crippen LogP contribution in [0.15, 0.2) is 0 Å². The van der Waals surface area contributed by atoms with E-state index in [1.807, 2.05) is 21.1 Å². The van der Waals surface area contributed by atoms with Crippen molar-refractivity contribution in [3.05, 3.63) is 0 Å². The molecule has 0 heterocycles. The minimum absolute atomic E-state index is 0.0117. The van der Waals surface area contributed by atoms with Crippen molar-refractivity contribution in [3.8, 4) is 0 Å². The van der Waals surface area contributed by atoms with E-state index in [0.717, 1.165) is 0 Å². The Labute approximate surface area is 161 Å². The quantitative estimate of drug-likeness (QED) is 0.210. The van der Waals surface area contributed by atoms with Gasteiger partial charge in [-0.05, 0) is 33.6 Å². The molecule has 2 unspecified atom stereocenters. The molecule has 0 aliphatic carbocycles. The smallest absolute Gasteiger partial charge is 0.311 e. The number of hydrogen-bond acceptors (Lipinski definition) is 7. The monoisotopic (exact) mass is 411 g/mol. The Morgan fingerprint density at radius 3 is 2.04 bits per heavy atom. The van der Waals surface area contributed by atoms with Crippen LogP contribution in [0.2, 0.25) is 0 Å². The van der Waals surface area contributed by atoms with Gasteiger partial charge in [-0.15, -0.1) is 0 Å². The number of carbonyl (C=O) groups excluding carboxylic acids is 1. The lowest BCUT2D eigenvalue weighted by Crippen LogP contribution is -2.38. The molecule has 0 aromatic carbocycles. The second kappa shape index (κ2) is 9.98. The zero-order valence-corrected chi connectivity index (χ0v) is 18.3. The van der Waals surface area contributed by atoms with Gasteiger partial charge < -0.3 is 28.3 Å². The summed E-state index contributed by atoms with van der Waals surface area (Å²) in [6.45, 7) is 6.32. The van der Waals surface area contributed by atoms with Gasteiger partial charge in [0.15, 0.2) is 0 Å². The van der Waals surface area contributed by atoms with Crippen molar-refractivity contribution in [1.29, 1.82) is 0 Å². The zero-order valence-electron chi connectivity index (χ0n) is 17.4. The van der Waals surface area contributed by atoms with E-state index in [4.69, 9.17) is 9.26 Å². The lowest BCUT2D eigenvalue weighted by molar-refractivity contribution is -0.870. The van der Waals surface area contributed by atoms with E-state index in [2.05, 4.69) is 4.52 Å². The van der Waals surface area contributed by atoms with Crippen molar-refractivity contribution in [2.75, 3.05) is 47.5 Å². The molecule has 0 aromatic heterocycles. The van der Waals surface area contributed by atoms with Crippen molar-refractivity contribution in [2.24, 2.45) is 10.8 Å². The Balaban J connectivity index is 4.48. The molecule has 0 aliphatic rings. The highest BCUT2D eigenvalue weighted by Crippen LogP contribution is 2.39. The lowest BCUT2D eigenvalue weighted by atomic mass is 9.72. The number of likely N-dealkylation sites (N-methyl/N-ethyl adjacent to an activating group) is 1. The van der Waals surface area contributed by atoms with E-state index in [0.29, 0.717) is 17.4 Å².